The van der Waals surface area contributed by atoms with Crippen LogP contribution in [0.15, 0.2) is 53.3 Å². The first kappa shape index (κ1) is 14.4. The summed E-state index contributed by atoms with van der Waals surface area (Å²) in [4.78, 5) is 10.7. The van der Waals surface area contributed by atoms with Crippen LogP contribution in [0.3, 0.4) is 0 Å². The standard InChI is InChI=1S/C17H18N4O/c1-13-10-18-9-8-15(13)11-21(2)12-16-19-17(20-22-16)14-6-4-3-5-7-14/h3-10H,11-12H2,1-2H3. The maximum absolute atomic E-state index is 5.34. The van der Waals surface area contributed by atoms with Gasteiger partial charge < -0.3 is 4.52 Å². The summed E-state index contributed by atoms with van der Waals surface area (Å²) in [5.41, 5.74) is 3.40. The van der Waals surface area contributed by atoms with Crippen molar-refractivity contribution in [1.82, 2.24) is 20.0 Å². The molecular weight excluding hydrogens is 276 g/mol. The van der Waals surface area contributed by atoms with Crippen LogP contribution in [0.2, 0.25) is 0 Å². The van der Waals surface area contributed by atoms with Gasteiger partial charge in [0.1, 0.15) is 0 Å². The Labute approximate surface area is 129 Å². The van der Waals surface area contributed by atoms with Gasteiger partial charge in [0, 0.05) is 24.5 Å². The predicted octanol–water partition coefficient (Wildman–Crippen LogP) is 3.07. The molecule has 0 atom stereocenters. The van der Waals surface area contributed by atoms with Crippen LogP contribution in [0.5, 0.6) is 0 Å². The van der Waals surface area contributed by atoms with E-state index in [9.17, 15) is 0 Å². The second-order valence-corrected chi connectivity index (χ2v) is 5.35. The molecule has 1 aromatic carbocycles. The molecule has 3 rings (SSSR count). The lowest BCUT2D eigenvalue weighted by atomic mass is 10.1. The van der Waals surface area contributed by atoms with Crippen molar-refractivity contribution in [3.8, 4) is 11.4 Å². The lowest BCUT2D eigenvalue weighted by Gasteiger charge is -2.15. The van der Waals surface area contributed by atoms with Crippen LogP contribution in [0.4, 0.5) is 0 Å². The van der Waals surface area contributed by atoms with E-state index in [0.717, 1.165) is 12.1 Å². The number of hydrogen-bond donors (Lipinski definition) is 0. The first-order valence-electron chi connectivity index (χ1n) is 7.18. The van der Waals surface area contributed by atoms with Gasteiger partial charge >= 0.3 is 0 Å². The molecule has 0 aliphatic heterocycles. The van der Waals surface area contributed by atoms with Crippen molar-refractivity contribution < 1.29 is 4.52 Å². The van der Waals surface area contributed by atoms with Crippen LogP contribution in [-0.4, -0.2) is 27.1 Å². The van der Waals surface area contributed by atoms with Crippen LogP contribution in [0.25, 0.3) is 11.4 Å². The summed E-state index contributed by atoms with van der Waals surface area (Å²) in [5.74, 6) is 1.25. The zero-order valence-electron chi connectivity index (χ0n) is 12.7. The Morgan fingerprint density at radius 3 is 2.68 bits per heavy atom. The Morgan fingerprint density at radius 1 is 1.09 bits per heavy atom. The minimum Gasteiger partial charge on any atom is -0.338 e. The fraction of sp³-hybridized carbons (Fsp3) is 0.235. The average Bonchev–Trinajstić information content (AvgIpc) is 2.99. The van der Waals surface area contributed by atoms with Gasteiger partial charge in [-0.15, -0.1) is 0 Å². The van der Waals surface area contributed by atoms with Crippen LogP contribution in [0, 0.1) is 6.92 Å². The highest BCUT2D eigenvalue weighted by Gasteiger charge is 2.11. The molecule has 112 valence electrons. The number of aromatic nitrogens is 3. The molecule has 0 saturated carbocycles. The topological polar surface area (TPSA) is 55.1 Å². The van der Waals surface area contributed by atoms with Gasteiger partial charge in [0.15, 0.2) is 0 Å². The quantitative estimate of drug-likeness (QED) is 0.724. The van der Waals surface area contributed by atoms with E-state index in [4.69, 9.17) is 4.52 Å². The molecule has 0 aliphatic carbocycles. The lowest BCUT2D eigenvalue weighted by molar-refractivity contribution is 0.260. The highest BCUT2D eigenvalue weighted by Crippen LogP contribution is 2.16. The summed E-state index contributed by atoms with van der Waals surface area (Å²) in [6.07, 6.45) is 3.69. The molecule has 0 saturated heterocycles. The lowest BCUT2D eigenvalue weighted by Crippen LogP contribution is -2.18. The molecule has 0 unspecified atom stereocenters. The highest BCUT2D eigenvalue weighted by atomic mass is 16.5. The smallest absolute Gasteiger partial charge is 0.241 e. The van der Waals surface area contributed by atoms with Gasteiger partial charge in [-0.25, -0.2) is 0 Å². The molecule has 0 spiro atoms. The Morgan fingerprint density at radius 2 is 1.91 bits per heavy atom. The van der Waals surface area contributed by atoms with Crippen molar-refractivity contribution in [3.63, 3.8) is 0 Å². The summed E-state index contributed by atoms with van der Waals surface area (Å²) in [7, 11) is 2.03. The van der Waals surface area contributed by atoms with Gasteiger partial charge in [-0.2, -0.15) is 4.98 Å². The van der Waals surface area contributed by atoms with Crippen LogP contribution in [0.1, 0.15) is 17.0 Å². The monoisotopic (exact) mass is 294 g/mol. The summed E-state index contributed by atoms with van der Waals surface area (Å²) in [6, 6.07) is 11.9. The van der Waals surface area contributed by atoms with E-state index in [1.807, 2.05) is 55.8 Å². The maximum Gasteiger partial charge on any atom is 0.241 e. The number of hydrogen-bond acceptors (Lipinski definition) is 5. The number of rotatable bonds is 5. The largest absolute Gasteiger partial charge is 0.338 e. The molecule has 2 aromatic heterocycles. The highest BCUT2D eigenvalue weighted by molar-refractivity contribution is 5.53. The minimum absolute atomic E-state index is 0.613. The Bertz CT molecular complexity index is 739. The van der Waals surface area contributed by atoms with Crippen molar-refractivity contribution in [3.05, 3.63) is 65.8 Å². The molecule has 3 aromatic rings. The fourth-order valence-electron chi connectivity index (χ4n) is 2.28. The number of aryl methyl sites for hydroxylation is 1. The van der Waals surface area contributed by atoms with E-state index in [1.54, 1.807) is 0 Å². The first-order valence-corrected chi connectivity index (χ1v) is 7.18. The Balaban J connectivity index is 1.66. The van der Waals surface area contributed by atoms with Crippen molar-refractivity contribution >= 4 is 0 Å². The summed E-state index contributed by atoms with van der Waals surface area (Å²) < 4.78 is 5.34. The molecule has 0 aliphatic rings. The van der Waals surface area contributed by atoms with Crippen molar-refractivity contribution in [2.24, 2.45) is 0 Å². The number of nitrogens with zero attached hydrogens (tertiary/aromatic N) is 4. The zero-order chi connectivity index (χ0) is 15.4. The zero-order valence-corrected chi connectivity index (χ0v) is 12.7. The van der Waals surface area contributed by atoms with E-state index in [1.165, 1.54) is 11.1 Å². The van der Waals surface area contributed by atoms with Gasteiger partial charge in [0.25, 0.3) is 0 Å². The van der Waals surface area contributed by atoms with Gasteiger partial charge in [-0.3, -0.25) is 9.88 Å². The fourth-order valence-corrected chi connectivity index (χ4v) is 2.28. The van der Waals surface area contributed by atoms with Crippen molar-refractivity contribution in [1.29, 1.82) is 0 Å². The summed E-state index contributed by atoms with van der Waals surface area (Å²) >= 11 is 0. The Kier molecular flexibility index (Phi) is 4.25. The van der Waals surface area contributed by atoms with E-state index in [2.05, 4.69) is 26.9 Å². The molecule has 2 heterocycles. The van der Waals surface area contributed by atoms with Gasteiger partial charge in [-0.05, 0) is 31.2 Å². The Hall–Kier alpha value is -2.53. The van der Waals surface area contributed by atoms with Crippen molar-refractivity contribution in [2.45, 2.75) is 20.0 Å². The van der Waals surface area contributed by atoms with E-state index < -0.39 is 0 Å². The minimum atomic E-state index is 0.613. The van der Waals surface area contributed by atoms with Gasteiger partial charge in [-0.1, -0.05) is 35.5 Å². The molecule has 0 amide bonds. The van der Waals surface area contributed by atoms with Crippen LogP contribution in [-0.2, 0) is 13.1 Å². The number of pyridine rings is 1. The van der Waals surface area contributed by atoms with Crippen LogP contribution < -0.4 is 0 Å². The van der Waals surface area contributed by atoms with Crippen LogP contribution >= 0.6 is 0 Å². The van der Waals surface area contributed by atoms with E-state index in [0.29, 0.717) is 18.3 Å². The van der Waals surface area contributed by atoms with Gasteiger partial charge in [0.2, 0.25) is 11.7 Å². The number of benzene rings is 1. The summed E-state index contributed by atoms with van der Waals surface area (Å²) in [5, 5.41) is 4.04. The normalized spacial score (nSPS) is 11.0. The third-order valence-electron chi connectivity index (χ3n) is 3.48. The van der Waals surface area contributed by atoms with Gasteiger partial charge in [0.05, 0.1) is 6.54 Å². The second-order valence-electron chi connectivity index (χ2n) is 5.35. The molecule has 0 radical (unpaired) electrons. The molecule has 0 bridgehead atoms. The first-order chi connectivity index (χ1) is 10.7. The summed E-state index contributed by atoms with van der Waals surface area (Å²) in [6.45, 7) is 3.50. The van der Waals surface area contributed by atoms with E-state index in [-0.39, 0.29) is 0 Å². The SMILES string of the molecule is Cc1cnccc1CN(C)Cc1nc(-c2ccccc2)no1. The maximum atomic E-state index is 5.34. The molecule has 5 nitrogen and oxygen atoms in total. The molecule has 22 heavy (non-hydrogen) atoms. The molecular formula is C17H18N4O. The predicted molar refractivity (Wildman–Crippen MR) is 83.9 cm³/mol. The third-order valence-corrected chi connectivity index (χ3v) is 3.48. The molecule has 5 heteroatoms. The molecule has 0 N–H and O–H groups in total. The molecule has 0 fully saturated rings. The van der Waals surface area contributed by atoms with Crippen molar-refractivity contribution in [2.75, 3.05) is 7.05 Å². The van der Waals surface area contributed by atoms with E-state index >= 15 is 0 Å². The average molecular weight is 294 g/mol. The second kappa shape index (κ2) is 6.49. The third kappa shape index (κ3) is 3.38.